The second-order valence-corrected chi connectivity index (χ2v) is 3.83. The van der Waals surface area contributed by atoms with Crippen LogP contribution < -0.4 is 10.6 Å². The van der Waals surface area contributed by atoms with Crippen LogP contribution in [0.25, 0.3) is 0 Å². The number of hydrogen-bond acceptors (Lipinski definition) is 7. The van der Waals surface area contributed by atoms with E-state index in [0.29, 0.717) is 0 Å². The van der Waals surface area contributed by atoms with E-state index >= 15 is 0 Å². The lowest BCUT2D eigenvalue weighted by molar-refractivity contribution is -0.384. The van der Waals surface area contributed by atoms with Gasteiger partial charge in [0.25, 0.3) is 0 Å². The van der Waals surface area contributed by atoms with Crippen LogP contribution in [-0.2, 0) is 0 Å². The third-order valence-electron chi connectivity index (χ3n) is 2.57. The van der Waals surface area contributed by atoms with Gasteiger partial charge in [0.1, 0.15) is 23.6 Å². The van der Waals surface area contributed by atoms with Gasteiger partial charge in [0.2, 0.25) is 11.8 Å². The number of nitrogens with one attached hydrogen (secondary N) is 2. The fourth-order valence-electron chi connectivity index (χ4n) is 1.59. The molecule has 9 heteroatoms. The first kappa shape index (κ1) is 14.1. The molecule has 2 rings (SSSR count). The molecular formula is C12H9FN6O2. The molecule has 0 radical (unpaired) electrons. The van der Waals surface area contributed by atoms with E-state index in [0.717, 1.165) is 12.3 Å². The van der Waals surface area contributed by atoms with Crippen molar-refractivity contribution in [2.24, 2.45) is 0 Å². The Bertz CT molecular complexity index is 743. The SMILES string of the molecule is CNc1ncc([N+](=O)[O-])c(Nc2cccc(F)c2C#N)n1. The van der Waals surface area contributed by atoms with Crippen LogP contribution in [0, 0.1) is 27.3 Å². The normalized spacial score (nSPS) is 9.76. The maximum Gasteiger partial charge on any atom is 0.329 e. The minimum Gasteiger partial charge on any atom is -0.357 e. The van der Waals surface area contributed by atoms with Crippen molar-refractivity contribution in [2.45, 2.75) is 0 Å². The van der Waals surface area contributed by atoms with Crippen LogP contribution in [0.5, 0.6) is 0 Å². The summed E-state index contributed by atoms with van der Waals surface area (Å²) >= 11 is 0. The Balaban J connectivity index is 2.51. The van der Waals surface area contributed by atoms with Crippen molar-refractivity contribution in [1.29, 1.82) is 5.26 Å². The second-order valence-electron chi connectivity index (χ2n) is 3.83. The van der Waals surface area contributed by atoms with Gasteiger partial charge in [-0.15, -0.1) is 0 Å². The van der Waals surface area contributed by atoms with Crippen LogP contribution in [0.1, 0.15) is 5.56 Å². The average molecular weight is 288 g/mol. The molecule has 21 heavy (non-hydrogen) atoms. The number of nitrogens with zero attached hydrogens (tertiary/aromatic N) is 4. The minimum atomic E-state index is -0.729. The number of rotatable bonds is 4. The highest BCUT2D eigenvalue weighted by atomic mass is 19.1. The van der Waals surface area contributed by atoms with E-state index in [2.05, 4.69) is 20.6 Å². The lowest BCUT2D eigenvalue weighted by Crippen LogP contribution is -2.05. The van der Waals surface area contributed by atoms with Crippen molar-refractivity contribution in [3.8, 4) is 6.07 Å². The highest BCUT2D eigenvalue weighted by Gasteiger charge is 2.19. The van der Waals surface area contributed by atoms with Gasteiger partial charge < -0.3 is 10.6 Å². The number of aromatic nitrogens is 2. The molecule has 0 saturated carbocycles. The smallest absolute Gasteiger partial charge is 0.329 e. The number of benzene rings is 1. The highest BCUT2D eigenvalue weighted by molar-refractivity contribution is 5.70. The molecule has 0 amide bonds. The van der Waals surface area contributed by atoms with Gasteiger partial charge in [-0.05, 0) is 12.1 Å². The summed E-state index contributed by atoms with van der Waals surface area (Å²) in [6.07, 6.45) is 1.02. The largest absolute Gasteiger partial charge is 0.357 e. The lowest BCUT2D eigenvalue weighted by atomic mass is 10.2. The minimum absolute atomic E-state index is 0.0846. The first-order chi connectivity index (χ1) is 10.1. The summed E-state index contributed by atoms with van der Waals surface area (Å²) < 4.78 is 13.5. The van der Waals surface area contributed by atoms with Crippen molar-refractivity contribution in [3.05, 3.63) is 45.9 Å². The molecule has 2 aromatic rings. The van der Waals surface area contributed by atoms with E-state index in [4.69, 9.17) is 5.26 Å². The monoisotopic (exact) mass is 288 g/mol. The fourth-order valence-corrected chi connectivity index (χ4v) is 1.59. The van der Waals surface area contributed by atoms with Crippen molar-refractivity contribution in [1.82, 2.24) is 9.97 Å². The molecular weight excluding hydrogens is 279 g/mol. The predicted molar refractivity (Wildman–Crippen MR) is 72.6 cm³/mol. The summed E-state index contributed by atoms with van der Waals surface area (Å²) in [4.78, 5) is 17.9. The van der Waals surface area contributed by atoms with Crippen LogP contribution in [0.3, 0.4) is 0 Å². The molecule has 0 aliphatic heterocycles. The number of nitro groups is 1. The summed E-state index contributed by atoms with van der Waals surface area (Å²) in [6.45, 7) is 0. The van der Waals surface area contributed by atoms with Gasteiger partial charge in [-0.25, -0.2) is 9.37 Å². The second kappa shape index (κ2) is 5.79. The third-order valence-corrected chi connectivity index (χ3v) is 2.57. The van der Waals surface area contributed by atoms with Crippen molar-refractivity contribution >= 4 is 23.1 Å². The Kier molecular flexibility index (Phi) is 3.90. The summed E-state index contributed by atoms with van der Waals surface area (Å²) in [7, 11) is 1.55. The summed E-state index contributed by atoms with van der Waals surface area (Å²) in [6, 6.07) is 5.62. The number of hydrogen-bond donors (Lipinski definition) is 2. The van der Waals surface area contributed by atoms with E-state index in [1.165, 1.54) is 12.1 Å². The van der Waals surface area contributed by atoms with Crippen LogP contribution in [-0.4, -0.2) is 21.9 Å². The van der Waals surface area contributed by atoms with Gasteiger partial charge in [0.05, 0.1) is 10.6 Å². The average Bonchev–Trinajstić information content (AvgIpc) is 2.47. The Hall–Kier alpha value is -3.28. The molecule has 0 fully saturated rings. The van der Waals surface area contributed by atoms with E-state index < -0.39 is 10.7 Å². The third kappa shape index (κ3) is 2.84. The first-order valence-electron chi connectivity index (χ1n) is 5.71. The van der Waals surface area contributed by atoms with Gasteiger partial charge in [0.15, 0.2) is 0 Å². The molecule has 0 bridgehead atoms. The van der Waals surface area contributed by atoms with Gasteiger partial charge in [-0.3, -0.25) is 10.1 Å². The molecule has 1 aromatic carbocycles. The van der Waals surface area contributed by atoms with Gasteiger partial charge in [-0.1, -0.05) is 6.07 Å². The van der Waals surface area contributed by atoms with Gasteiger partial charge in [-0.2, -0.15) is 10.2 Å². The number of anilines is 3. The molecule has 0 spiro atoms. The Morgan fingerprint density at radius 1 is 1.48 bits per heavy atom. The van der Waals surface area contributed by atoms with E-state index in [9.17, 15) is 14.5 Å². The van der Waals surface area contributed by atoms with Crippen LogP contribution in [0.4, 0.5) is 27.5 Å². The Morgan fingerprint density at radius 3 is 2.86 bits per heavy atom. The molecule has 1 aromatic heterocycles. The molecule has 0 saturated heterocycles. The fraction of sp³-hybridized carbons (Fsp3) is 0.0833. The quantitative estimate of drug-likeness (QED) is 0.654. The van der Waals surface area contributed by atoms with E-state index in [1.807, 2.05) is 0 Å². The predicted octanol–water partition coefficient (Wildman–Crippen LogP) is 2.18. The van der Waals surface area contributed by atoms with Crippen LogP contribution in [0.15, 0.2) is 24.4 Å². The molecule has 0 aliphatic carbocycles. The molecule has 8 nitrogen and oxygen atoms in total. The van der Waals surface area contributed by atoms with Crippen molar-refractivity contribution in [3.63, 3.8) is 0 Å². The Morgan fingerprint density at radius 2 is 2.24 bits per heavy atom. The number of nitriles is 1. The summed E-state index contributed by atoms with van der Waals surface area (Å²) in [5.41, 5.74) is -0.556. The highest BCUT2D eigenvalue weighted by Crippen LogP contribution is 2.28. The topological polar surface area (TPSA) is 117 Å². The van der Waals surface area contributed by atoms with Crippen LogP contribution in [0.2, 0.25) is 0 Å². The van der Waals surface area contributed by atoms with Crippen molar-refractivity contribution in [2.75, 3.05) is 17.7 Å². The maximum absolute atomic E-state index is 13.5. The summed E-state index contributed by atoms with van der Waals surface area (Å²) in [5, 5.41) is 25.1. The van der Waals surface area contributed by atoms with Gasteiger partial charge >= 0.3 is 5.69 Å². The van der Waals surface area contributed by atoms with E-state index in [-0.39, 0.29) is 28.7 Å². The molecule has 106 valence electrons. The Labute approximate surface area is 118 Å². The van der Waals surface area contributed by atoms with Gasteiger partial charge in [0, 0.05) is 7.05 Å². The summed E-state index contributed by atoms with van der Waals surface area (Å²) in [5.74, 6) is -0.715. The number of halogens is 1. The zero-order valence-electron chi connectivity index (χ0n) is 10.8. The molecule has 0 aliphatic rings. The zero-order chi connectivity index (χ0) is 15.4. The van der Waals surface area contributed by atoms with Crippen molar-refractivity contribution < 1.29 is 9.31 Å². The zero-order valence-corrected chi connectivity index (χ0v) is 10.8. The van der Waals surface area contributed by atoms with E-state index in [1.54, 1.807) is 13.1 Å². The standard InChI is InChI=1S/C12H9FN6O2/c1-15-12-16-6-10(19(20)21)11(18-12)17-9-4-2-3-8(13)7(9)5-14/h2-4,6H,1H3,(H2,15,16,17,18). The maximum atomic E-state index is 13.5. The lowest BCUT2D eigenvalue weighted by Gasteiger charge is -2.09. The molecule has 0 unspecified atom stereocenters. The molecule has 0 atom stereocenters. The molecule has 2 N–H and O–H groups in total. The van der Waals surface area contributed by atoms with Crippen LogP contribution >= 0.6 is 0 Å². The first-order valence-corrected chi connectivity index (χ1v) is 5.71. The molecule has 1 heterocycles.